The van der Waals surface area contributed by atoms with E-state index < -0.39 is 23.9 Å². The van der Waals surface area contributed by atoms with Crippen LogP contribution in [0.25, 0.3) is 0 Å². The van der Waals surface area contributed by atoms with E-state index in [1.54, 1.807) is 0 Å². The maximum absolute atomic E-state index is 11.9. The standard InChI is InChI=1S/C20H18O8/c1-25-17(21)13-3-7-15(8-4-13)19(23)27-11-12-28-20(24)16-9-5-14(6-10-16)18(22)26-2/h3-10H,11-12H2,1-2H3. The van der Waals surface area contributed by atoms with Crippen LogP contribution in [0.3, 0.4) is 0 Å². The summed E-state index contributed by atoms with van der Waals surface area (Å²) in [6.45, 7) is -0.271. The van der Waals surface area contributed by atoms with E-state index in [9.17, 15) is 19.2 Å². The lowest BCUT2D eigenvalue weighted by molar-refractivity contribution is 0.0265. The zero-order chi connectivity index (χ0) is 20.5. The van der Waals surface area contributed by atoms with E-state index in [1.807, 2.05) is 0 Å². The highest BCUT2D eigenvalue weighted by atomic mass is 16.6. The van der Waals surface area contributed by atoms with Crippen LogP contribution in [0.4, 0.5) is 0 Å². The van der Waals surface area contributed by atoms with Gasteiger partial charge in [0.2, 0.25) is 0 Å². The number of carbonyl (C=O) groups excluding carboxylic acids is 4. The molecule has 0 aliphatic rings. The SMILES string of the molecule is COC(=O)c1ccc(C(=O)OCCOC(=O)c2ccc(C(=O)OC)cc2)cc1. The fraction of sp³-hybridized carbons (Fsp3) is 0.200. The van der Waals surface area contributed by atoms with Gasteiger partial charge in [-0.2, -0.15) is 0 Å². The topological polar surface area (TPSA) is 105 Å². The van der Waals surface area contributed by atoms with E-state index >= 15 is 0 Å². The largest absolute Gasteiger partial charge is 0.465 e. The molecule has 0 saturated heterocycles. The van der Waals surface area contributed by atoms with Gasteiger partial charge < -0.3 is 18.9 Å². The van der Waals surface area contributed by atoms with Crippen LogP contribution in [0.5, 0.6) is 0 Å². The van der Waals surface area contributed by atoms with Crippen LogP contribution in [-0.2, 0) is 18.9 Å². The van der Waals surface area contributed by atoms with E-state index in [2.05, 4.69) is 9.47 Å². The molecule has 0 aromatic heterocycles. The maximum atomic E-state index is 11.9. The Morgan fingerprint density at radius 3 is 1.04 bits per heavy atom. The van der Waals surface area contributed by atoms with Gasteiger partial charge in [-0.15, -0.1) is 0 Å². The second-order valence-electron chi connectivity index (χ2n) is 5.41. The average molecular weight is 386 g/mol. The molecular formula is C20H18O8. The molecule has 0 bridgehead atoms. The summed E-state index contributed by atoms with van der Waals surface area (Å²) in [6, 6.07) is 11.5. The second-order valence-corrected chi connectivity index (χ2v) is 5.41. The lowest BCUT2D eigenvalue weighted by Crippen LogP contribution is -2.14. The van der Waals surface area contributed by atoms with Crippen LogP contribution in [0, 0.1) is 0 Å². The van der Waals surface area contributed by atoms with Crippen LogP contribution in [-0.4, -0.2) is 51.3 Å². The van der Waals surface area contributed by atoms with Gasteiger partial charge in [-0.25, -0.2) is 19.2 Å². The van der Waals surface area contributed by atoms with Crippen molar-refractivity contribution in [3.05, 3.63) is 70.8 Å². The lowest BCUT2D eigenvalue weighted by atomic mass is 10.1. The highest BCUT2D eigenvalue weighted by Gasteiger charge is 2.12. The van der Waals surface area contributed by atoms with E-state index in [-0.39, 0.29) is 24.3 Å². The molecule has 0 aliphatic heterocycles. The van der Waals surface area contributed by atoms with Gasteiger partial charge in [-0.3, -0.25) is 0 Å². The van der Waals surface area contributed by atoms with Gasteiger partial charge in [0.05, 0.1) is 36.5 Å². The molecule has 2 rings (SSSR count). The first kappa shape index (κ1) is 20.6. The summed E-state index contributed by atoms with van der Waals surface area (Å²) in [7, 11) is 2.53. The smallest absolute Gasteiger partial charge is 0.338 e. The second kappa shape index (κ2) is 9.86. The molecule has 8 heteroatoms. The predicted molar refractivity (Wildman–Crippen MR) is 96.1 cm³/mol. The van der Waals surface area contributed by atoms with Crippen molar-refractivity contribution in [3.8, 4) is 0 Å². The van der Waals surface area contributed by atoms with Gasteiger partial charge in [-0.05, 0) is 48.5 Å². The number of benzene rings is 2. The number of methoxy groups -OCH3 is 2. The highest BCUT2D eigenvalue weighted by molar-refractivity contribution is 5.94. The minimum absolute atomic E-state index is 0.135. The van der Waals surface area contributed by atoms with E-state index in [1.165, 1.54) is 62.8 Å². The minimum Gasteiger partial charge on any atom is -0.465 e. The van der Waals surface area contributed by atoms with Crippen molar-refractivity contribution >= 4 is 23.9 Å². The predicted octanol–water partition coefficient (Wildman–Crippen LogP) is 2.27. The van der Waals surface area contributed by atoms with Crippen molar-refractivity contribution in [1.29, 1.82) is 0 Å². The van der Waals surface area contributed by atoms with Crippen LogP contribution < -0.4 is 0 Å². The third kappa shape index (κ3) is 5.41. The third-order valence-corrected chi connectivity index (χ3v) is 3.63. The molecule has 2 aromatic carbocycles. The molecule has 0 spiro atoms. The van der Waals surface area contributed by atoms with E-state index in [4.69, 9.17) is 9.47 Å². The Kier molecular flexibility index (Phi) is 7.27. The minimum atomic E-state index is -0.616. The van der Waals surface area contributed by atoms with Gasteiger partial charge >= 0.3 is 23.9 Å². The summed E-state index contributed by atoms with van der Waals surface area (Å²) in [4.78, 5) is 46.5. The Morgan fingerprint density at radius 1 is 0.536 bits per heavy atom. The van der Waals surface area contributed by atoms with Crippen molar-refractivity contribution in [2.24, 2.45) is 0 Å². The van der Waals surface area contributed by atoms with E-state index in [0.717, 1.165) is 0 Å². The number of carbonyl (C=O) groups is 4. The van der Waals surface area contributed by atoms with Crippen molar-refractivity contribution in [3.63, 3.8) is 0 Å². The molecule has 146 valence electrons. The van der Waals surface area contributed by atoms with Gasteiger partial charge in [0.25, 0.3) is 0 Å². The third-order valence-electron chi connectivity index (χ3n) is 3.63. The molecule has 0 aliphatic carbocycles. The molecular weight excluding hydrogens is 368 g/mol. The number of ether oxygens (including phenoxy) is 4. The van der Waals surface area contributed by atoms with Crippen LogP contribution in [0.15, 0.2) is 48.5 Å². The Balaban J connectivity index is 1.78. The molecule has 0 fully saturated rings. The van der Waals surface area contributed by atoms with Crippen molar-refractivity contribution in [2.45, 2.75) is 0 Å². The highest BCUT2D eigenvalue weighted by Crippen LogP contribution is 2.09. The number of hydrogen-bond acceptors (Lipinski definition) is 8. The average Bonchev–Trinajstić information content (AvgIpc) is 2.75. The van der Waals surface area contributed by atoms with Crippen LogP contribution in [0.1, 0.15) is 41.4 Å². The zero-order valence-electron chi connectivity index (χ0n) is 15.3. The van der Waals surface area contributed by atoms with Gasteiger partial charge in [0.15, 0.2) is 0 Å². The van der Waals surface area contributed by atoms with Gasteiger partial charge in [0.1, 0.15) is 13.2 Å². The number of hydrogen-bond donors (Lipinski definition) is 0. The fourth-order valence-corrected chi connectivity index (χ4v) is 2.16. The zero-order valence-corrected chi connectivity index (χ0v) is 15.3. The van der Waals surface area contributed by atoms with Crippen molar-refractivity contribution in [1.82, 2.24) is 0 Å². The Hall–Kier alpha value is -3.68. The lowest BCUT2D eigenvalue weighted by Gasteiger charge is -2.07. The summed E-state index contributed by atoms with van der Waals surface area (Å²) >= 11 is 0. The molecule has 2 aromatic rings. The molecule has 0 atom stereocenters. The molecule has 0 unspecified atom stereocenters. The molecule has 8 nitrogen and oxygen atoms in total. The summed E-state index contributed by atoms with van der Waals surface area (Å²) in [5, 5.41) is 0. The monoisotopic (exact) mass is 386 g/mol. The molecule has 0 N–H and O–H groups in total. The van der Waals surface area contributed by atoms with Crippen LogP contribution in [0.2, 0.25) is 0 Å². The first-order chi connectivity index (χ1) is 13.5. The normalized spacial score (nSPS) is 9.93. The molecule has 0 saturated carbocycles. The molecule has 0 amide bonds. The summed E-state index contributed by atoms with van der Waals surface area (Å²) in [6.07, 6.45) is 0. The Morgan fingerprint density at radius 2 is 0.786 bits per heavy atom. The first-order valence-corrected chi connectivity index (χ1v) is 8.17. The quantitative estimate of drug-likeness (QED) is 0.405. The van der Waals surface area contributed by atoms with Gasteiger partial charge in [-0.1, -0.05) is 0 Å². The van der Waals surface area contributed by atoms with Gasteiger partial charge in [0, 0.05) is 0 Å². The molecule has 0 radical (unpaired) electrons. The number of rotatable bonds is 7. The Labute approximate surface area is 161 Å². The van der Waals surface area contributed by atoms with Crippen LogP contribution >= 0.6 is 0 Å². The summed E-state index contributed by atoms with van der Waals surface area (Å²) in [5.74, 6) is -2.25. The Bertz CT molecular complexity index is 779. The fourth-order valence-electron chi connectivity index (χ4n) is 2.16. The number of esters is 4. The van der Waals surface area contributed by atoms with Crippen molar-refractivity contribution in [2.75, 3.05) is 27.4 Å². The molecule has 28 heavy (non-hydrogen) atoms. The van der Waals surface area contributed by atoms with E-state index in [0.29, 0.717) is 11.1 Å². The summed E-state index contributed by atoms with van der Waals surface area (Å²) in [5.41, 5.74) is 1.12. The van der Waals surface area contributed by atoms with Crippen molar-refractivity contribution < 1.29 is 38.1 Å². The summed E-state index contributed by atoms with van der Waals surface area (Å²) < 4.78 is 19.2. The maximum Gasteiger partial charge on any atom is 0.338 e. The first-order valence-electron chi connectivity index (χ1n) is 8.17. The molecule has 0 heterocycles.